The highest BCUT2D eigenvalue weighted by Gasteiger charge is 2.37. The molecular formula is C28H32Cl3N3O. The lowest BCUT2D eigenvalue weighted by molar-refractivity contribution is 0.161. The molecule has 2 aliphatic rings. The van der Waals surface area contributed by atoms with Gasteiger partial charge in [-0.2, -0.15) is 0 Å². The summed E-state index contributed by atoms with van der Waals surface area (Å²) in [6, 6.07) is 16.4. The average molecular weight is 533 g/mol. The van der Waals surface area contributed by atoms with Crippen LogP contribution in [-0.4, -0.2) is 42.6 Å². The molecule has 2 N–H and O–H groups in total. The third kappa shape index (κ3) is 6.42. The molecule has 1 atom stereocenters. The Labute approximate surface area is 223 Å². The smallest absolute Gasteiger partial charge is 0.315 e. The van der Waals surface area contributed by atoms with Gasteiger partial charge < -0.3 is 15.5 Å². The quantitative estimate of drug-likeness (QED) is 0.418. The third-order valence-corrected chi connectivity index (χ3v) is 7.89. The highest BCUT2D eigenvalue weighted by Crippen LogP contribution is 2.36. The fraction of sp³-hybridized carbons (Fsp3) is 0.393. The molecule has 1 saturated heterocycles. The second kappa shape index (κ2) is 11.0. The van der Waals surface area contributed by atoms with E-state index in [4.69, 9.17) is 34.8 Å². The summed E-state index contributed by atoms with van der Waals surface area (Å²) in [5, 5.41) is 8.11. The Morgan fingerprint density at radius 1 is 1.03 bits per heavy atom. The molecule has 0 radical (unpaired) electrons. The van der Waals surface area contributed by atoms with Crippen LogP contribution in [-0.2, 0) is 5.41 Å². The van der Waals surface area contributed by atoms with E-state index in [-0.39, 0.29) is 11.4 Å². The Balaban J connectivity index is 1.50. The maximum atomic E-state index is 13.0. The number of carbonyl (C=O) groups excluding carboxylic acids is 1. The molecule has 2 aromatic rings. The minimum atomic E-state index is -0.621. The number of allylic oxidation sites excluding steroid dienone is 2. The van der Waals surface area contributed by atoms with Crippen LogP contribution in [0.3, 0.4) is 0 Å². The van der Waals surface area contributed by atoms with E-state index < -0.39 is 5.54 Å². The van der Waals surface area contributed by atoms with Gasteiger partial charge in [0.15, 0.2) is 0 Å². The van der Waals surface area contributed by atoms with Gasteiger partial charge in [0.1, 0.15) is 0 Å². The molecule has 1 fully saturated rings. The molecular weight excluding hydrogens is 501 g/mol. The van der Waals surface area contributed by atoms with Gasteiger partial charge in [0, 0.05) is 33.5 Å². The molecule has 35 heavy (non-hydrogen) atoms. The zero-order valence-electron chi connectivity index (χ0n) is 20.2. The maximum absolute atomic E-state index is 13.0. The highest BCUT2D eigenvalue weighted by atomic mass is 35.5. The second-order valence-electron chi connectivity index (χ2n) is 9.82. The van der Waals surface area contributed by atoms with E-state index in [0.717, 1.165) is 48.6 Å². The Bertz CT molecular complexity index is 1120. The molecule has 7 heteroatoms. The summed E-state index contributed by atoms with van der Waals surface area (Å²) < 4.78 is 0. The van der Waals surface area contributed by atoms with Crippen molar-refractivity contribution in [1.82, 2.24) is 15.5 Å². The van der Waals surface area contributed by atoms with Crippen LogP contribution >= 0.6 is 34.8 Å². The van der Waals surface area contributed by atoms with Crippen LogP contribution in [0.1, 0.15) is 38.7 Å². The summed E-state index contributed by atoms with van der Waals surface area (Å²) in [7, 11) is 0. The number of piperidine rings is 1. The fourth-order valence-corrected chi connectivity index (χ4v) is 6.14. The van der Waals surface area contributed by atoms with Crippen molar-refractivity contribution in [3.05, 3.63) is 81.3 Å². The lowest BCUT2D eigenvalue weighted by Gasteiger charge is -2.42. The molecule has 0 bridgehead atoms. The molecule has 1 heterocycles. The Morgan fingerprint density at radius 2 is 1.74 bits per heavy atom. The summed E-state index contributed by atoms with van der Waals surface area (Å²) in [5.74, 6) is 0. The second-order valence-corrected chi connectivity index (χ2v) is 11.2. The first kappa shape index (κ1) is 26.1. The summed E-state index contributed by atoms with van der Waals surface area (Å²) >= 11 is 18.6. The summed E-state index contributed by atoms with van der Waals surface area (Å²) in [6.07, 6.45) is 6.03. The topological polar surface area (TPSA) is 44.4 Å². The van der Waals surface area contributed by atoms with Gasteiger partial charge in [-0.3, -0.25) is 0 Å². The number of hydrogen-bond acceptors (Lipinski definition) is 2. The van der Waals surface area contributed by atoms with Crippen LogP contribution in [0.15, 0.2) is 70.7 Å². The first-order valence-corrected chi connectivity index (χ1v) is 13.2. The maximum Gasteiger partial charge on any atom is 0.315 e. The zero-order valence-corrected chi connectivity index (χ0v) is 22.5. The summed E-state index contributed by atoms with van der Waals surface area (Å²) in [6.45, 7) is 7.73. The first-order chi connectivity index (χ1) is 16.7. The van der Waals surface area contributed by atoms with Gasteiger partial charge in [-0.1, -0.05) is 78.1 Å². The standard InChI is InChI=1S/C28H32Cl3N3O/c1-3-34-13-11-28(12-14-34,19-32-26(35)33-27(2)17-24(30)16-25(31)18-27)22-9-7-20(8-10-22)21-5-4-6-23(29)15-21/h4-10,15-17H,3,11-14,18-19H2,1-2H3,(H2,32,33,35). The van der Waals surface area contributed by atoms with Crippen molar-refractivity contribution in [3.63, 3.8) is 0 Å². The van der Waals surface area contributed by atoms with E-state index >= 15 is 0 Å². The Hall–Kier alpha value is -1.98. The van der Waals surface area contributed by atoms with Crippen molar-refractivity contribution in [3.8, 4) is 11.1 Å². The third-order valence-electron chi connectivity index (χ3n) is 7.19. The van der Waals surface area contributed by atoms with Crippen molar-refractivity contribution >= 4 is 40.8 Å². The summed E-state index contributed by atoms with van der Waals surface area (Å²) in [5.41, 5.74) is 2.72. The number of amides is 2. The molecule has 4 rings (SSSR count). The van der Waals surface area contributed by atoms with Gasteiger partial charge in [-0.15, -0.1) is 0 Å². The van der Waals surface area contributed by atoms with Gasteiger partial charge in [-0.25, -0.2) is 4.79 Å². The predicted molar refractivity (Wildman–Crippen MR) is 147 cm³/mol. The molecule has 0 saturated carbocycles. The monoisotopic (exact) mass is 531 g/mol. The molecule has 2 aromatic carbocycles. The van der Waals surface area contributed by atoms with E-state index in [2.05, 4.69) is 52.8 Å². The van der Waals surface area contributed by atoms with E-state index in [9.17, 15) is 4.79 Å². The van der Waals surface area contributed by atoms with E-state index in [0.29, 0.717) is 23.0 Å². The van der Waals surface area contributed by atoms with Crippen LogP contribution in [0.25, 0.3) is 11.1 Å². The lowest BCUT2D eigenvalue weighted by Crippen LogP contribution is -2.54. The molecule has 4 nitrogen and oxygen atoms in total. The van der Waals surface area contributed by atoms with Gasteiger partial charge in [0.05, 0.1) is 5.54 Å². The van der Waals surface area contributed by atoms with E-state index in [1.54, 1.807) is 6.08 Å². The normalized spacial score (nSPS) is 22.2. The summed E-state index contributed by atoms with van der Waals surface area (Å²) in [4.78, 5) is 15.4. The highest BCUT2D eigenvalue weighted by molar-refractivity contribution is 6.35. The molecule has 0 aromatic heterocycles. The van der Waals surface area contributed by atoms with Crippen LogP contribution in [0.2, 0.25) is 5.02 Å². The van der Waals surface area contributed by atoms with E-state index in [1.165, 1.54) is 5.56 Å². The number of halogens is 3. The number of hydrogen-bond donors (Lipinski definition) is 2. The van der Waals surface area contributed by atoms with Crippen LogP contribution in [0.4, 0.5) is 4.79 Å². The minimum absolute atomic E-state index is 0.131. The number of benzene rings is 2. The van der Waals surface area contributed by atoms with Crippen molar-refractivity contribution < 1.29 is 4.79 Å². The van der Waals surface area contributed by atoms with Gasteiger partial charge in [0.2, 0.25) is 0 Å². The zero-order chi connectivity index (χ0) is 25.1. The van der Waals surface area contributed by atoms with Crippen LogP contribution < -0.4 is 10.6 Å². The number of likely N-dealkylation sites (tertiary alicyclic amines) is 1. The van der Waals surface area contributed by atoms with Crippen molar-refractivity contribution in [2.75, 3.05) is 26.2 Å². The Morgan fingerprint density at radius 3 is 2.37 bits per heavy atom. The molecule has 1 aliphatic carbocycles. The lowest BCUT2D eigenvalue weighted by atomic mass is 9.72. The van der Waals surface area contributed by atoms with Crippen LogP contribution in [0.5, 0.6) is 0 Å². The first-order valence-electron chi connectivity index (χ1n) is 12.1. The largest absolute Gasteiger partial charge is 0.337 e. The van der Waals surface area contributed by atoms with Gasteiger partial charge in [0.25, 0.3) is 0 Å². The molecule has 1 aliphatic heterocycles. The number of rotatable bonds is 6. The molecule has 0 spiro atoms. The fourth-order valence-electron chi connectivity index (χ4n) is 5.13. The van der Waals surface area contributed by atoms with Crippen molar-refractivity contribution in [1.29, 1.82) is 0 Å². The number of urea groups is 1. The number of nitrogens with zero attached hydrogens (tertiary/aromatic N) is 1. The van der Waals surface area contributed by atoms with Crippen molar-refractivity contribution in [2.45, 2.75) is 44.1 Å². The van der Waals surface area contributed by atoms with E-state index in [1.807, 2.05) is 31.2 Å². The predicted octanol–water partition coefficient (Wildman–Crippen LogP) is 7.07. The molecule has 186 valence electrons. The van der Waals surface area contributed by atoms with Gasteiger partial charge in [-0.05, 0) is 80.4 Å². The SMILES string of the molecule is CCN1CCC(CNC(=O)NC2(C)C=C(Cl)C=C(Cl)C2)(c2ccc(-c3cccc(Cl)c3)cc2)CC1. The minimum Gasteiger partial charge on any atom is -0.337 e. The average Bonchev–Trinajstić information content (AvgIpc) is 2.82. The van der Waals surface area contributed by atoms with Crippen LogP contribution in [0, 0.1) is 0 Å². The Kier molecular flexibility index (Phi) is 8.17. The number of nitrogens with one attached hydrogen (secondary N) is 2. The molecule has 1 unspecified atom stereocenters. The molecule has 2 amide bonds. The number of carbonyl (C=O) groups is 1. The van der Waals surface area contributed by atoms with Gasteiger partial charge >= 0.3 is 6.03 Å². The van der Waals surface area contributed by atoms with Crippen molar-refractivity contribution in [2.24, 2.45) is 0 Å².